The van der Waals surface area contributed by atoms with Gasteiger partial charge in [-0.2, -0.15) is 0 Å². The standard InChI is InChI=1S/C9H7ClN4O5S2/c10-7-5(14(15)16)3-6(20-7)21(17,18)13-9-12-11-8(19-9)4-1-2-4/h3-4H,1-2H2,(H,12,13). The number of sulfonamides is 1. The molecule has 1 aliphatic rings. The molecule has 0 atom stereocenters. The molecule has 0 unspecified atom stereocenters. The molecule has 0 saturated heterocycles. The first-order valence-electron chi connectivity index (χ1n) is 5.67. The zero-order valence-electron chi connectivity index (χ0n) is 10.1. The average Bonchev–Trinajstić information content (AvgIpc) is 3.01. The smallest absolute Gasteiger partial charge is 0.329 e. The Bertz CT molecular complexity index is 810. The molecule has 3 rings (SSSR count). The molecule has 0 bridgehead atoms. The van der Waals surface area contributed by atoms with Gasteiger partial charge in [0.1, 0.15) is 4.21 Å². The Morgan fingerprint density at radius 3 is 2.76 bits per heavy atom. The van der Waals surface area contributed by atoms with E-state index < -0.39 is 20.6 Å². The number of nitrogens with zero attached hydrogens (tertiary/aromatic N) is 3. The number of rotatable bonds is 5. The Kier molecular flexibility index (Phi) is 3.34. The van der Waals surface area contributed by atoms with Crippen molar-refractivity contribution < 1.29 is 17.8 Å². The van der Waals surface area contributed by atoms with Gasteiger partial charge in [0.2, 0.25) is 5.89 Å². The molecule has 0 spiro atoms. The minimum absolute atomic E-state index is 0.188. The molecular formula is C9H7ClN4O5S2. The van der Waals surface area contributed by atoms with E-state index in [2.05, 4.69) is 14.9 Å². The number of aromatic nitrogens is 2. The van der Waals surface area contributed by atoms with Gasteiger partial charge in [0.05, 0.1) is 4.92 Å². The molecule has 0 radical (unpaired) electrons. The van der Waals surface area contributed by atoms with Crippen molar-refractivity contribution >= 4 is 44.7 Å². The molecule has 0 aromatic carbocycles. The van der Waals surface area contributed by atoms with Crippen LogP contribution in [0.3, 0.4) is 0 Å². The first-order chi connectivity index (χ1) is 9.87. The third kappa shape index (κ3) is 2.84. The van der Waals surface area contributed by atoms with Crippen LogP contribution in [-0.2, 0) is 10.0 Å². The molecule has 2 aromatic rings. The van der Waals surface area contributed by atoms with E-state index in [0.717, 1.165) is 18.9 Å². The maximum absolute atomic E-state index is 12.1. The number of thiophene rings is 1. The Morgan fingerprint density at radius 2 is 2.19 bits per heavy atom. The van der Waals surface area contributed by atoms with Crippen molar-refractivity contribution in [2.24, 2.45) is 0 Å². The number of hydrogen-bond donors (Lipinski definition) is 1. The molecule has 2 heterocycles. The summed E-state index contributed by atoms with van der Waals surface area (Å²) >= 11 is 6.21. The fourth-order valence-corrected chi connectivity index (χ4v) is 4.12. The van der Waals surface area contributed by atoms with Crippen molar-refractivity contribution in [1.29, 1.82) is 0 Å². The van der Waals surface area contributed by atoms with Crippen molar-refractivity contribution in [2.45, 2.75) is 23.0 Å². The van der Waals surface area contributed by atoms with E-state index in [1.165, 1.54) is 0 Å². The van der Waals surface area contributed by atoms with Gasteiger partial charge in [-0.05, 0) is 12.8 Å². The summed E-state index contributed by atoms with van der Waals surface area (Å²) in [5.74, 6) is 0.566. The molecule has 112 valence electrons. The molecule has 1 N–H and O–H groups in total. The highest BCUT2D eigenvalue weighted by Crippen LogP contribution is 2.40. The van der Waals surface area contributed by atoms with Crippen molar-refractivity contribution in [3.05, 3.63) is 26.4 Å². The summed E-state index contributed by atoms with van der Waals surface area (Å²) in [6, 6.07) is 0.608. The lowest BCUT2D eigenvalue weighted by molar-refractivity contribution is -0.384. The zero-order valence-corrected chi connectivity index (χ0v) is 12.5. The monoisotopic (exact) mass is 350 g/mol. The van der Waals surface area contributed by atoms with Gasteiger partial charge in [0, 0.05) is 12.0 Å². The minimum Gasteiger partial charge on any atom is -0.407 e. The SMILES string of the molecule is O=[N+]([O-])c1cc(S(=O)(=O)Nc2nnc(C3CC3)o2)sc1Cl. The minimum atomic E-state index is -4.06. The first kappa shape index (κ1) is 14.2. The van der Waals surface area contributed by atoms with Crippen LogP contribution in [0, 0.1) is 10.1 Å². The van der Waals surface area contributed by atoms with E-state index in [1.54, 1.807) is 0 Å². The summed E-state index contributed by atoms with van der Waals surface area (Å²) in [5, 5.41) is 18.0. The van der Waals surface area contributed by atoms with E-state index in [-0.39, 0.29) is 20.5 Å². The second-order valence-corrected chi connectivity index (χ2v) is 7.87. The van der Waals surface area contributed by atoms with Gasteiger partial charge in [0.25, 0.3) is 15.7 Å². The highest BCUT2D eigenvalue weighted by atomic mass is 35.5. The summed E-state index contributed by atoms with van der Waals surface area (Å²) in [6.07, 6.45) is 1.86. The number of nitrogens with one attached hydrogen (secondary N) is 1. The molecule has 2 aromatic heterocycles. The molecule has 0 aliphatic heterocycles. The Balaban J connectivity index is 1.85. The van der Waals surface area contributed by atoms with E-state index in [1.807, 2.05) is 0 Å². The number of halogens is 1. The first-order valence-corrected chi connectivity index (χ1v) is 8.34. The van der Waals surface area contributed by atoms with Crippen LogP contribution >= 0.6 is 22.9 Å². The summed E-state index contributed by atoms with van der Waals surface area (Å²) in [7, 11) is -4.06. The predicted octanol–water partition coefficient (Wildman–Crippen LogP) is 2.37. The second kappa shape index (κ2) is 4.93. The lowest BCUT2D eigenvalue weighted by Crippen LogP contribution is -2.11. The highest BCUT2D eigenvalue weighted by molar-refractivity contribution is 7.94. The average molecular weight is 351 g/mol. The van der Waals surface area contributed by atoms with Crippen molar-refractivity contribution in [2.75, 3.05) is 4.72 Å². The molecular weight excluding hydrogens is 344 g/mol. The van der Waals surface area contributed by atoms with Crippen LogP contribution in [-0.4, -0.2) is 23.5 Å². The van der Waals surface area contributed by atoms with Crippen LogP contribution in [0.4, 0.5) is 11.7 Å². The Morgan fingerprint density at radius 1 is 1.48 bits per heavy atom. The number of nitro groups is 1. The van der Waals surface area contributed by atoms with Crippen LogP contribution in [0.2, 0.25) is 4.34 Å². The normalized spacial score (nSPS) is 15.1. The second-order valence-electron chi connectivity index (χ2n) is 4.31. The van der Waals surface area contributed by atoms with Gasteiger partial charge in [-0.3, -0.25) is 10.1 Å². The van der Waals surface area contributed by atoms with E-state index >= 15 is 0 Å². The maximum atomic E-state index is 12.1. The third-order valence-electron chi connectivity index (χ3n) is 2.70. The van der Waals surface area contributed by atoms with Gasteiger partial charge in [0.15, 0.2) is 4.34 Å². The summed E-state index contributed by atoms with van der Waals surface area (Å²) in [6.45, 7) is 0. The van der Waals surface area contributed by atoms with Crippen LogP contribution in [0.25, 0.3) is 0 Å². The zero-order chi connectivity index (χ0) is 15.2. The van der Waals surface area contributed by atoms with Crippen molar-refractivity contribution in [3.8, 4) is 0 Å². The molecule has 1 saturated carbocycles. The Labute approximate surface area is 127 Å². The van der Waals surface area contributed by atoms with E-state index in [4.69, 9.17) is 16.0 Å². The highest BCUT2D eigenvalue weighted by Gasteiger charge is 2.31. The summed E-state index contributed by atoms with van der Waals surface area (Å²) < 4.78 is 30.9. The quantitative estimate of drug-likeness (QED) is 0.647. The molecule has 12 heteroatoms. The molecule has 21 heavy (non-hydrogen) atoms. The number of anilines is 1. The lowest BCUT2D eigenvalue weighted by atomic mass is 10.4. The maximum Gasteiger partial charge on any atom is 0.329 e. The third-order valence-corrected chi connectivity index (χ3v) is 5.83. The topological polar surface area (TPSA) is 128 Å². The van der Waals surface area contributed by atoms with Gasteiger partial charge in [-0.1, -0.05) is 16.7 Å². The van der Waals surface area contributed by atoms with Crippen molar-refractivity contribution in [3.63, 3.8) is 0 Å². The summed E-state index contributed by atoms with van der Waals surface area (Å²) in [5.41, 5.74) is -0.466. The molecule has 1 aliphatic carbocycles. The van der Waals surface area contributed by atoms with Gasteiger partial charge in [-0.25, -0.2) is 13.1 Å². The van der Waals surface area contributed by atoms with Crippen LogP contribution in [0.5, 0.6) is 0 Å². The molecule has 0 amide bonds. The van der Waals surface area contributed by atoms with E-state index in [9.17, 15) is 18.5 Å². The largest absolute Gasteiger partial charge is 0.407 e. The van der Waals surface area contributed by atoms with Gasteiger partial charge in [-0.15, -0.1) is 16.4 Å². The van der Waals surface area contributed by atoms with Crippen LogP contribution < -0.4 is 4.72 Å². The Hall–Kier alpha value is -1.72. The fourth-order valence-electron chi connectivity index (χ4n) is 1.53. The molecule has 9 nitrogen and oxygen atoms in total. The number of hydrogen-bond acceptors (Lipinski definition) is 8. The van der Waals surface area contributed by atoms with Gasteiger partial charge < -0.3 is 4.42 Å². The summed E-state index contributed by atoms with van der Waals surface area (Å²) in [4.78, 5) is 9.92. The van der Waals surface area contributed by atoms with Crippen LogP contribution in [0.1, 0.15) is 24.7 Å². The lowest BCUT2D eigenvalue weighted by Gasteiger charge is -1.99. The van der Waals surface area contributed by atoms with Gasteiger partial charge >= 0.3 is 6.01 Å². The molecule has 1 fully saturated rings. The van der Waals surface area contributed by atoms with Crippen molar-refractivity contribution in [1.82, 2.24) is 10.2 Å². The van der Waals surface area contributed by atoms with Crippen LogP contribution in [0.15, 0.2) is 14.7 Å². The fraction of sp³-hybridized carbons (Fsp3) is 0.333. The predicted molar refractivity (Wildman–Crippen MR) is 73.1 cm³/mol. The van der Waals surface area contributed by atoms with E-state index in [0.29, 0.717) is 17.2 Å².